The Morgan fingerprint density at radius 2 is 2.02 bits per heavy atom. The van der Waals surface area contributed by atoms with Crippen LogP contribution in [-0.4, -0.2) is 56.9 Å². The summed E-state index contributed by atoms with van der Waals surface area (Å²) in [4.78, 5) is 30.7. The van der Waals surface area contributed by atoms with Crippen LogP contribution in [0.15, 0.2) is 36.4 Å². The van der Waals surface area contributed by atoms with Crippen molar-refractivity contribution in [2.75, 3.05) is 25.1 Å². The number of hydrogen-bond donors (Lipinski definition) is 3. The van der Waals surface area contributed by atoms with Crippen LogP contribution < -0.4 is 20.1 Å². The van der Waals surface area contributed by atoms with Gasteiger partial charge < -0.3 is 30.0 Å². The molecule has 1 atom stereocenters. The lowest BCUT2D eigenvalue weighted by Crippen LogP contribution is -2.29. The van der Waals surface area contributed by atoms with Crippen molar-refractivity contribution in [1.82, 2.24) is 19.9 Å². The first-order chi connectivity index (χ1) is 21.9. The molecule has 0 spiro atoms. The molecule has 244 valence electrons. The van der Waals surface area contributed by atoms with E-state index < -0.39 is 29.4 Å². The summed E-state index contributed by atoms with van der Waals surface area (Å²) in [5.74, 6) is -1.27. The maximum atomic E-state index is 13.9. The van der Waals surface area contributed by atoms with Gasteiger partial charge in [-0.3, -0.25) is 4.79 Å². The van der Waals surface area contributed by atoms with E-state index in [9.17, 15) is 19.1 Å². The van der Waals surface area contributed by atoms with Crippen molar-refractivity contribution in [1.29, 1.82) is 0 Å². The van der Waals surface area contributed by atoms with Crippen LogP contribution in [0.3, 0.4) is 0 Å². The molecule has 5 rings (SSSR count). The van der Waals surface area contributed by atoms with E-state index in [0.29, 0.717) is 70.1 Å². The molecule has 1 unspecified atom stereocenters. The first-order valence-electron chi connectivity index (χ1n) is 15.1. The number of hydrogen-bond acceptors (Lipinski definition) is 8. The third kappa shape index (κ3) is 7.02. The minimum Gasteiger partial charge on any atom is -0.493 e. The number of carbonyl (C=O) groups is 2. The molecule has 1 aliphatic rings. The molecule has 0 saturated carbocycles. The predicted octanol–water partition coefficient (Wildman–Crippen LogP) is 6.35. The van der Waals surface area contributed by atoms with E-state index in [4.69, 9.17) is 25.8 Å². The van der Waals surface area contributed by atoms with Gasteiger partial charge in [0.2, 0.25) is 0 Å². The zero-order chi connectivity index (χ0) is 33.2. The molecule has 0 fully saturated rings. The number of carboxylic acids is 1. The molecule has 11 nitrogen and oxygen atoms in total. The number of fused-ring (bicyclic) bond motifs is 2. The number of rotatable bonds is 11. The van der Waals surface area contributed by atoms with E-state index in [2.05, 4.69) is 20.7 Å². The maximum absolute atomic E-state index is 13.9. The largest absolute Gasteiger partial charge is 0.493 e. The molecule has 0 radical (unpaired) electrons. The molecule has 2 aromatic heterocycles. The van der Waals surface area contributed by atoms with Crippen molar-refractivity contribution in [3.05, 3.63) is 69.8 Å². The van der Waals surface area contributed by atoms with Crippen LogP contribution in [0.25, 0.3) is 16.9 Å². The van der Waals surface area contributed by atoms with Crippen LogP contribution in [0.5, 0.6) is 11.5 Å². The molecule has 3 N–H and O–H groups in total. The molecule has 1 aliphatic heterocycles. The maximum Gasteiger partial charge on any atom is 0.337 e. The second-order valence-corrected chi connectivity index (χ2v) is 12.3. The highest BCUT2D eigenvalue weighted by molar-refractivity contribution is 6.36. The summed E-state index contributed by atoms with van der Waals surface area (Å²) in [6.45, 7) is 10.5. The number of aromatic nitrogens is 3. The Labute approximate surface area is 271 Å². The van der Waals surface area contributed by atoms with Crippen molar-refractivity contribution >= 4 is 34.8 Å². The summed E-state index contributed by atoms with van der Waals surface area (Å²) in [5.41, 5.74) is 2.02. The Balaban J connectivity index is 1.59. The average Bonchev–Trinajstić information content (AvgIpc) is 3.43. The number of carboxylic acid groups (broad SMARTS) is 1. The molecule has 3 heterocycles. The number of amides is 1. The van der Waals surface area contributed by atoms with E-state index >= 15 is 0 Å². The van der Waals surface area contributed by atoms with Crippen LogP contribution in [-0.2, 0) is 16.1 Å². The number of aliphatic carboxylic acids is 1. The second kappa shape index (κ2) is 13.5. The number of unbranched alkanes of at least 4 members (excludes halogenated alkanes) is 1. The highest BCUT2D eigenvalue weighted by Crippen LogP contribution is 2.44. The van der Waals surface area contributed by atoms with Crippen molar-refractivity contribution in [3.8, 4) is 22.8 Å². The van der Waals surface area contributed by atoms with E-state index in [1.165, 1.54) is 22.7 Å². The summed E-state index contributed by atoms with van der Waals surface area (Å²) in [6, 6.07) is 9.13. The van der Waals surface area contributed by atoms with Crippen molar-refractivity contribution in [2.45, 2.75) is 65.7 Å². The van der Waals surface area contributed by atoms with E-state index in [0.717, 1.165) is 12.8 Å². The first-order valence-corrected chi connectivity index (χ1v) is 15.5. The second-order valence-electron chi connectivity index (χ2n) is 11.9. The van der Waals surface area contributed by atoms with Gasteiger partial charge in [-0.05, 0) is 52.3 Å². The quantitative estimate of drug-likeness (QED) is 0.158. The lowest BCUT2D eigenvalue weighted by Gasteiger charge is -2.28. The van der Waals surface area contributed by atoms with Gasteiger partial charge in [0.15, 0.2) is 17.4 Å². The highest BCUT2D eigenvalue weighted by atomic mass is 35.5. The van der Waals surface area contributed by atoms with Gasteiger partial charge in [-0.2, -0.15) is 5.10 Å². The number of halogens is 2. The average molecular weight is 654 g/mol. The summed E-state index contributed by atoms with van der Waals surface area (Å²) in [5, 5.41) is 21.3. The van der Waals surface area contributed by atoms with Crippen LogP contribution in [0.4, 0.5) is 10.1 Å². The van der Waals surface area contributed by atoms with Crippen LogP contribution in [0.2, 0.25) is 5.02 Å². The highest BCUT2D eigenvalue weighted by Gasteiger charge is 2.34. The van der Waals surface area contributed by atoms with Gasteiger partial charge in [-0.25, -0.2) is 18.7 Å². The van der Waals surface area contributed by atoms with Gasteiger partial charge in [0, 0.05) is 47.6 Å². The van der Waals surface area contributed by atoms with E-state index in [-0.39, 0.29) is 17.8 Å². The Hall–Kier alpha value is -4.42. The van der Waals surface area contributed by atoms with Crippen LogP contribution >= 0.6 is 11.6 Å². The summed E-state index contributed by atoms with van der Waals surface area (Å²) in [6.07, 6.45) is 0.290. The third-order valence-corrected chi connectivity index (χ3v) is 7.66. The number of anilines is 1. The summed E-state index contributed by atoms with van der Waals surface area (Å²) in [7, 11) is 0. The standard InChI is InChI=1S/C33H37ClFN5O6/c1-6-7-13-44-24-15-20(35)9-8-19(24)17-37-31(41)22-16-25-38-18(2)26(30(32(42)43)46-33(3,4)5)29(40(25)39-22)21-10-11-23-28(27(21)34)36-12-14-45-23/h8-11,15-16,30,36H,6-7,12-14,17H2,1-5H3,(H,37,41)(H,42,43). The SMILES string of the molecule is CCCCOc1cc(F)ccc1CNC(=O)c1cc2nc(C)c(C(OC(C)(C)C)C(=O)O)c(-c3ccc4c(c3Cl)NCCO4)n2n1. The molecular formula is C33H37ClFN5O6. The minimum atomic E-state index is -1.44. The molecule has 1 amide bonds. The fourth-order valence-electron chi connectivity index (χ4n) is 5.17. The molecule has 13 heteroatoms. The number of ether oxygens (including phenoxy) is 3. The Kier molecular flexibility index (Phi) is 9.68. The molecule has 0 bridgehead atoms. The molecule has 0 aliphatic carbocycles. The zero-order valence-corrected chi connectivity index (χ0v) is 27.1. The molecule has 0 saturated heterocycles. The Morgan fingerprint density at radius 3 is 2.74 bits per heavy atom. The zero-order valence-electron chi connectivity index (χ0n) is 26.4. The fourth-order valence-corrected chi connectivity index (χ4v) is 5.48. The smallest absolute Gasteiger partial charge is 0.337 e. The Bertz CT molecular complexity index is 1790. The minimum absolute atomic E-state index is 0.0278. The third-order valence-electron chi connectivity index (χ3n) is 7.26. The van der Waals surface area contributed by atoms with Crippen LogP contribution in [0, 0.1) is 12.7 Å². The van der Waals surface area contributed by atoms with Crippen molar-refractivity contribution < 1.29 is 33.3 Å². The lowest BCUT2D eigenvalue weighted by molar-refractivity contribution is -0.160. The van der Waals surface area contributed by atoms with Gasteiger partial charge in [0.1, 0.15) is 23.9 Å². The molecule has 46 heavy (non-hydrogen) atoms. The Morgan fingerprint density at radius 1 is 1.24 bits per heavy atom. The van der Waals surface area contributed by atoms with E-state index in [1.807, 2.05) is 6.92 Å². The molecule has 2 aromatic carbocycles. The molecule has 4 aromatic rings. The topological polar surface area (TPSA) is 136 Å². The number of carbonyl (C=O) groups excluding carboxylic acids is 1. The van der Waals surface area contributed by atoms with Gasteiger partial charge in [0.05, 0.1) is 28.6 Å². The fraction of sp³-hybridized carbons (Fsp3) is 0.394. The van der Waals surface area contributed by atoms with Crippen molar-refractivity contribution in [3.63, 3.8) is 0 Å². The monoisotopic (exact) mass is 653 g/mol. The summed E-state index contributed by atoms with van der Waals surface area (Å²) < 4.78 is 32.9. The van der Waals surface area contributed by atoms with Gasteiger partial charge in [0.25, 0.3) is 5.91 Å². The number of nitrogens with one attached hydrogen (secondary N) is 2. The van der Waals surface area contributed by atoms with Gasteiger partial charge in [-0.15, -0.1) is 0 Å². The van der Waals surface area contributed by atoms with Gasteiger partial charge in [-0.1, -0.05) is 31.0 Å². The normalized spacial score (nSPS) is 13.5. The van der Waals surface area contributed by atoms with Gasteiger partial charge >= 0.3 is 5.97 Å². The van der Waals surface area contributed by atoms with E-state index in [1.54, 1.807) is 45.9 Å². The predicted molar refractivity (Wildman–Crippen MR) is 171 cm³/mol. The first kappa shape index (κ1) is 33.0. The summed E-state index contributed by atoms with van der Waals surface area (Å²) >= 11 is 6.95. The molecular weight excluding hydrogens is 617 g/mol. The van der Waals surface area contributed by atoms with Crippen LogP contribution in [0.1, 0.15) is 73.9 Å². The number of benzene rings is 2. The number of aryl methyl sites for hydroxylation is 1. The van der Waals surface area contributed by atoms with Crippen molar-refractivity contribution in [2.24, 2.45) is 0 Å². The number of nitrogens with zero attached hydrogens (tertiary/aromatic N) is 3. The lowest BCUT2D eigenvalue weighted by atomic mass is 9.98.